The molecule has 1 saturated heterocycles. The van der Waals surface area contributed by atoms with Crippen LogP contribution in [0.2, 0.25) is 5.02 Å². The van der Waals surface area contributed by atoms with Crippen LogP contribution < -0.4 is 10.2 Å². The van der Waals surface area contributed by atoms with Gasteiger partial charge in [0.05, 0.1) is 5.02 Å². The molecular weight excluding hydrogens is 263 g/mol. The zero-order valence-electron chi connectivity index (χ0n) is 11.1. The van der Waals surface area contributed by atoms with Crippen LogP contribution in [0, 0.1) is 5.82 Å². The molecule has 19 heavy (non-hydrogen) atoms. The lowest BCUT2D eigenvalue weighted by Crippen LogP contribution is -2.49. The van der Waals surface area contributed by atoms with E-state index in [9.17, 15) is 4.39 Å². The lowest BCUT2D eigenvalue weighted by Gasteiger charge is -2.34. The molecular formula is C15H20ClFN2. The van der Waals surface area contributed by atoms with Crippen molar-refractivity contribution >= 4 is 17.3 Å². The Morgan fingerprint density at radius 3 is 2.74 bits per heavy atom. The van der Waals surface area contributed by atoms with Gasteiger partial charge in [-0.2, -0.15) is 0 Å². The smallest absolute Gasteiger partial charge is 0.141 e. The molecule has 0 unspecified atom stereocenters. The quantitative estimate of drug-likeness (QED) is 0.847. The van der Waals surface area contributed by atoms with E-state index in [4.69, 9.17) is 11.6 Å². The van der Waals surface area contributed by atoms with Crippen molar-refractivity contribution in [3.63, 3.8) is 0 Å². The molecule has 1 heterocycles. The first-order chi connectivity index (χ1) is 9.19. The summed E-state index contributed by atoms with van der Waals surface area (Å²) in [5.74, 6) is -0.339. The highest BCUT2D eigenvalue weighted by molar-refractivity contribution is 6.31. The third kappa shape index (κ3) is 2.72. The van der Waals surface area contributed by atoms with Crippen LogP contribution in [0.3, 0.4) is 0 Å². The van der Waals surface area contributed by atoms with Crippen molar-refractivity contribution in [2.75, 3.05) is 24.5 Å². The third-order valence-electron chi connectivity index (χ3n) is 4.43. The summed E-state index contributed by atoms with van der Waals surface area (Å²) in [4.78, 5) is 2.36. The highest BCUT2D eigenvalue weighted by Gasteiger charge is 2.36. The maximum absolute atomic E-state index is 13.3. The molecule has 4 heteroatoms. The molecule has 3 rings (SSSR count). The Labute approximate surface area is 118 Å². The highest BCUT2D eigenvalue weighted by atomic mass is 35.5. The van der Waals surface area contributed by atoms with Crippen molar-refractivity contribution in [1.29, 1.82) is 0 Å². The van der Waals surface area contributed by atoms with Gasteiger partial charge in [-0.15, -0.1) is 0 Å². The van der Waals surface area contributed by atoms with Crippen LogP contribution in [0.25, 0.3) is 0 Å². The summed E-state index contributed by atoms with van der Waals surface area (Å²) in [5.41, 5.74) is 1.30. The Morgan fingerprint density at radius 2 is 2.00 bits per heavy atom. The SMILES string of the molecule is Fc1ccc(N2CCCNC3(CCCC3)C2)cc1Cl. The normalized spacial score (nSPS) is 22.7. The van der Waals surface area contributed by atoms with E-state index in [0.29, 0.717) is 0 Å². The molecule has 1 aliphatic carbocycles. The van der Waals surface area contributed by atoms with E-state index in [-0.39, 0.29) is 16.4 Å². The van der Waals surface area contributed by atoms with E-state index in [1.807, 2.05) is 6.07 Å². The summed E-state index contributed by atoms with van der Waals surface area (Å²) < 4.78 is 13.3. The predicted octanol–water partition coefficient (Wildman–Crippen LogP) is 3.59. The summed E-state index contributed by atoms with van der Waals surface area (Å²) in [6, 6.07) is 5.07. The van der Waals surface area contributed by atoms with Crippen molar-refractivity contribution in [1.82, 2.24) is 5.32 Å². The van der Waals surface area contributed by atoms with Gasteiger partial charge in [0, 0.05) is 24.3 Å². The minimum absolute atomic E-state index is 0.218. The average Bonchev–Trinajstić information content (AvgIpc) is 2.74. The van der Waals surface area contributed by atoms with Gasteiger partial charge in [0.25, 0.3) is 0 Å². The number of hydrogen-bond donors (Lipinski definition) is 1. The van der Waals surface area contributed by atoms with Crippen LogP contribution in [0.15, 0.2) is 18.2 Å². The van der Waals surface area contributed by atoms with Gasteiger partial charge in [-0.1, -0.05) is 24.4 Å². The topological polar surface area (TPSA) is 15.3 Å². The molecule has 1 aromatic rings. The second-order valence-electron chi connectivity index (χ2n) is 5.79. The molecule has 1 N–H and O–H groups in total. The van der Waals surface area contributed by atoms with Gasteiger partial charge in [0.1, 0.15) is 5.82 Å². The summed E-state index contributed by atoms with van der Waals surface area (Å²) >= 11 is 5.91. The fourth-order valence-corrected chi connectivity index (χ4v) is 3.59. The fourth-order valence-electron chi connectivity index (χ4n) is 3.41. The summed E-state index contributed by atoms with van der Waals surface area (Å²) in [5, 5.41) is 3.95. The number of nitrogens with one attached hydrogen (secondary N) is 1. The molecule has 0 radical (unpaired) electrons. The van der Waals surface area contributed by atoms with E-state index < -0.39 is 0 Å². The summed E-state index contributed by atoms with van der Waals surface area (Å²) in [7, 11) is 0. The number of hydrogen-bond acceptors (Lipinski definition) is 2. The van der Waals surface area contributed by atoms with E-state index in [1.54, 1.807) is 6.07 Å². The van der Waals surface area contributed by atoms with Crippen LogP contribution in [0.5, 0.6) is 0 Å². The lowest BCUT2D eigenvalue weighted by molar-refractivity contribution is 0.354. The van der Waals surface area contributed by atoms with Gasteiger partial charge >= 0.3 is 0 Å². The van der Waals surface area contributed by atoms with Gasteiger partial charge in [0.15, 0.2) is 0 Å². The van der Waals surface area contributed by atoms with Gasteiger partial charge in [0.2, 0.25) is 0 Å². The summed E-state index contributed by atoms with van der Waals surface area (Å²) in [6.45, 7) is 3.09. The van der Waals surface area contributed by atoms with E-state index >= 15 is 0 Å². The Balaban J connectivity index is 1.84. The van der Waals surface area contributed by atoms with Gasteiger partial charge in [-0.25, -0.2) is 4.39 Å². The lowest BCUT2D eigenvalue weighted by atomic mass is 9.97. The van der Waals surface area contributed by atoms with Crippen molar-refractivity contribution in [3.8, 4) is 0 Å². The Bertz CT molecular complexity index is 457. The summed E-state index contributed by atoms with van der Waals surface area (Å²) in [6.07, 6.45) is 6.24. The van der Waals surface area contributed by atoms with Gasteiger partial charge < -0.3 is 10.2 Å². The number of anilines is 1. The molecule has 1 aliphatic heterocycles. The molecule has 2 nitrogen and oxygen atoms in total. The fraction of sp³-hybridized carbons (Fsp3) is 0.600. The highest BCUT2D eigenvalue weighted by Crippen LogP contribution is 2.34. The minimum atomic E-state index is -0.339. The minimum Gasteiger partial charge on any atom is -0.370 e. The van der Waals surface area contributed by atoms with Crippen molar-refractivity contribution in [2.24, 2.45) is 0 Å². The molecule has 0 aromatic heterocycles. The van der Waals surface area contributed by atoms with Crippen LogP contribution in [0.4, 0.5) is 10.1 Å². The second-order valence-corrected chi connectivity index (χ2v) is 6.19. The molecule has 1 aromatic carbocycles. The first-order valence-corrected chi connectivity index (χ1v) is 7.51. The van der Waals surface area contributed by atoms with Crippen LogP contribution in [-0.4, -0.2) is 25.2 Å². The molecule has 1 spiro atoms. The first-order valence-electron chi connectivity index (χ1n) is 7.14. The largest absolute Gasteiger partial charge is 0.370 e. The molecule has 2 aliphatic rings. The van der Waals surface area contributed by atoms with Crippen LogP contribution in [0.1, 0.15) is 32.1 Å². The van der Waals surface area contributed by atoms with E-state index in [1.165, 1.54) is 31.7 Å². The first kappa shape index (κ1) is 13.2. The number of rotatable bonds is 1. The van der Waals surface area contributed by atoms with Gasteiger partial charge in [-0.05, 0) is 44.0 Å². The molecule has 0 atom stereocenters. The van der Waals surface area contributed by atoms with E-state index in [0.717, 1.165) is 31.7 Å². The molecule has 1 saturated carbocycles. The number of halogens is 2. The van der Waals surface area contributed by atoms with Crippen LogP contribution in [-0.2, 0) is 0 Å². The number of benzene rings is 1. The number of nitrogens with zero attached hydrogens (tertiary/aromatic N) is 1. The zero-order chi connectivity index (χ0) is 13.3. The molecule has 104 valence electrons. The monoisotopic (exact) mass is 282 g/mol. The Hall–Kier alpha value is -0.800. The average molecular weight is 283 g/mol. The van der Waals surface area contributed by atoms with E-state index in [2.05, 4.69) is 10.2 Å². The second kappa shape index (κ2) is 5.29. The maximum Gasteiger partial charge on any atom is 0.141 e. The predicted molar refractivity (Wildman–Crippen MR) is 77.4 cm³/mol. The van der Waals surface area contributed by atoms with Crippen molar-refractivity contribution in [3.05, 3.63) is 29.0 Å². The van der Waals surface area contributed by atoms with Crippen molar-refractivity contribution in [2.45, 2.75) is 37.6 Å². The maximum atomic E-state index is 13.3. The zero-order valence-corrected chi connectivity index (χ0v) is 11.8. The molecule has 0 bridgehead atoms. The molecule has 0 amide bonds. The Kier molecular flexibility index (Phi) is 3.68. The molecule has 2 fully saturated rings. The standard InChI is InChI=1S/C15H20ClFN2/c16-13-10-12(4-5-14(13)17)19-9-3-8-18-15(11-19)6-1-2-7-15/h4-5,10,18H,1-3,6-9,11H2. The van der Waals surface area contributed by atoms with Crippen LogP contribution >= 0.6 is 11.6 Å². The van der Waals surface area contributed by atoms with Gasteiger partial charge in [-0.3, -0.25) is 0 Å². The third-order valence-corrected chi connectivity index (χ3v) is 4.72. The van der Waals surface area contributed by atoms with Crippen molar-refractivity contribution < 1.29 is 4.39 Å². The Morgan fingerprint density at radius 1 is 1.21 bits per heavy atom.